The van der Waals surface area contributed by atoms with Crippen LogP contribution in [0.25, 0.3) is 0 Å². The van der Waals surface area contributed by atoms with E-state index in [1.807, 2.05) is 0 Å². The molecule has 0 heterocycles. The standard InChI is InChI=1S/C4H6F3O/c5-4(6,7)2-1-3-8/h1,8H,2-3H2. The summed E-state index contributed by atoms with van der Waals surface area (Å²) in [6.07, 6.45) is -4.41. The molecule has 1 nitrogen and oxygen atoms in total. The van der Waals surface area contributed by atoms with Crippen molar-refractivity contribution in [1.82, 2.24) is 0 Å². The van der Waals surface area contributed by atoms with Crippen LogP contribution in [0.4, 0.5) is 13.2 Å². The minimum atomic E-state index is -4.16. The van der Waals surface area contributed by atoms with Gasteiger partial charge in [0.1, 0.15) is 0 Å². The molecule has 4 heteroatoms. The van der Waals surface area contributed by atoms with Crippen molar-refractivity contribution in [3.8, 4) is 0 Å². The number of aliphatic hydroxyl groups excluding tert-OH is 1. The second kappa shape index (κ2) is 2.91. The van der Waals surface area contributed by atoms with Crippen molar-refractivity contribution in [3.05, 3.63) is 6.42 Å². The number of halogens is 3. The quantitative estimate of drug-likeness (QED) is 0.589. The van der Waals surface area contributed by atoms with Crippen LogP contribution >= 0.6 is 0 Å². The summed E-state index contributed by atoms with van der Waals surface area (Å²) in [6, 6.07) is 0. The number of hydrogen-bond acceptors (Lipinski definition) is 1. The molecule has 0 amide bonds. The van der Waals surface area contributed by atoms with Crippen molar-refractivity contribution in [2.24, 2.45) is 0 Å². The Kier molecular flexibility index (Phi) is 2.82. The van der Waals surface area contributed by atoms with Crippen molar-refractivity contribution < 1.29 is 18.3 Å². The van der Waals surface area contributed by atoms with Gasteiger partial charge in [-0.15, -0.1) is 0 Å². The summed E-state index contributed by atoms with van der Waals surface area (Å²) >= 11 is 0. The topological polar surface area (TPSA) is 20.2 Å². The summed E-state index contributed by atoms with van der Waals surface area (Å²) in [7, 11) is 0. The molecule has 0 bridgehead atoms. The molecule has 0 aromatic carbocycles. The van der Waals surface area contributed by atoms with Crippen LogP contribution < -0.4 is 0 Å². The highest BCUT2D eigenvalue weighted by Gasteiger charge is 2.25. The molecule has 0 aliphatic rings. The Labute approximate surface area is 45.1 Å². The molecule has 0 aromatic heterocycles. The Morgan fingerprint density at radius 1 is 1.38 bits per heavy atom. The zero-order valence-corrected chi connectivity index (χ0v) is 4.07. The summed E-state index contributed by atoms with van der Waals surface area (Å²) in [4.78, 5) is 0. The lowest BCUT2D eigenvalue weighted by Crippen LogP contribution is -2.07. The molecule has 8 heavy (non-hydrogen) atoms. The molecule has 0 saturated heterocycles. The zero-order chi connectivity index (χ0) is 6.62. The summed E-state index contributed by atoms with van der Waals surface area (Å²) in [5.41, 5.74) is 0. The molecule has 0 aromatic rings. The first kappa shape index (κ1) is 7.75. The minimum Gasteiger partial charge on any atom is -0.396 e. The van der Waals surface area contributed by atoms with Crippen molar-refractivity contribution in [3.63, 3.8) is 0 Å². The van der Waals surface area contributed by atoms with Gasteiger partial charge < -0.3 is 5.11 Å². The van der Waals surface area contributed by atoms with Crippen LogP contribution in [-0.4, -0.2) is 17.9 Å². The highest BCUT2D eigenvalue weighted by Crippen LogP contribution is 2.19. The molecule has 0 aliphatic carbocycles. The summed E-state index contributed by atoms with van der Waals surface area (Å²) in [5, 5.41) is 7.87. The fourth-order valence-electron chi connectivity index (χ4n) is 0.228. The van der Waals surface area contributed by atoms with Crippen molar-refractivity contribution >= 4 is 0 Å². The highest BCUT2D eigenvalue weighted by molar-refractivity contribution is 4.66. The Morgan fingerprint density at radius 2 is 1.88 bits per heavy atom. The maximum Gasteiger partial charge on any atom is 0.389 e. The smallest absolute Gasteiger partial charge is 0.389 e. The summed E-state index contributed by atoms with van der Waals surface area (Å²) in [5.74, 6) is 0. The summed E-state index contributed by atoms with van der Waals surface area (Å²) in [6.45, 7) is -0.514. The van der Waals surface area contributed by atoms with E-state index in [1.54, 1.807) is 0 Å². The molecule has 0 rings (SSSR count). The Bertz CT molecular complexity index is 58.8. The second-order valence-electron chi connectivity index (χ2n) is 1.29. The third kappa shape index (κ3) is 5.75. The van der Waals surface area contributed by atoms with Gasteiger partial charge >= 0.3 is 6.18 Å². The van der Waals surface area contributed by atoms with Crippen molar-refractivity contribution in [1.29, 1.82) is 0 Å². The second-order valence-corrected chi connectivity index (χ2v) is 1.29. The summed E-state index contributed by atoms with van der Waals surface area (Å²) < 4.78 is 33.3. The monoisotopic (exact) mass is 127 g/mol. The van der Waals surface area contributed by atoms with Crippen LogP contribution in [0, 0.1) is 6.42 Å². The van der Waals surface area contributed by atoms with Crippen LogP contribution in [0.3, 0.4) is 0 Å². The first-order chi connectivity index (χ1) is 3.56. The van der Waals surface area contributed by atoms with Gasteiger partial charge in [0.25, 0.3) is 0 Å². The minimum absolute atomic E-state index is 0.514. The number of rotatable bonds is 2. The van der Waals surface area contributed by atoms with E-state index in [-0.39, 0.29) is 0 Å². The molecular weight excluding hydrogens is 121 g/mol. The van der Waals surface area contributed by atoms with Gasteiger partial charge in [0, 0.05) is 13.0 Å². The molecule has 1 N–H and O–H groups in total. The van der Waals surface area contributed by atoms with Gasteiger partial charge in [0.15, 0.2) is 0 Å². The van der Waals surface area contributed by atoms with E-state index < -0.39 is 19.2 Å². The first-order valence-corrected chi connectivity index (χ1v) is 2.05. The average molecular weight is 127 g/mol. The highest BCUT2D eigenvalue weighted by atomic mass is 19.4. The average Bonchev–Trinajstić information content (AvgIpc) is 1.59. The van der Waals surface area contributed by atoms with Crippen molar-refractivity contribution in [2.45, 2.75) is 12.6 Å². The van der Waals surface area contributed by atoms with Gasteiger partial charge in [-0.3, -0.25) is 0 Å². The van der Waals surface area contributed by atoms with Crippen LogP contribution in [0.5, 0.6) is 0 Å². The van der Waals surface area contributed by atoms with Crippen LogP contribution in [-0.2, 0) is 0 Å². The van der Waals surface area contributed by atoms with E-state index >= 15 is 0 Å². The Balaban J connectivity index is 3.11. The molecular formula is C4H6F3O. The third-order valence-electron chi connectivity index (χ3n) is 0.505. The van der Waals surface area contributed by atoms with E-state index in [2.05, 4.69) is 0 Å². The molecule has 1 radical (unpaired) electrons. The fourth-order valence-corrected chi connectivity index (χ4v) is 0.228. The molecule has 0 saturated carbocycles. The third-order valence-corrected chi connectivity index (χ3v) is 0.505. The number of aliphatic hydroxyl groups is 1. The van der Waals surface area contributed by atoms with E-state index in [1.165, 1.54) is 0 Å². The lowest BCUT2D eigenvalue weighted by Gasteiger charge is -2.01. The predicted octanol–water partition coefficient (Wildman–Crippen LogP) is 1.14. The molecule has 0 fully saturated rings. The molecule has 0 unspecified atom stereocenters. The SMILES string of the molecule is OC[CH]CC(F)(F)F. The molecule has 0 aliphatic heterocycles. The predicted molar refractivity (Wildman–Crippen MR) is 22.1 cm³/mol. The van der Waals surface area contributed by atoms with Gasteiger partial charge in [0.05, 0.1) is 0 Å². The van der Waals surface area contributed by atoms with Gasteiger partial charge in [-0.2, -0.15) is 13.2 Å². The lowest BCUT2D eigenvalue weighted by atomic mass is 10.3. The fraction of sp³-hybridized carbons (Fsp3) is 0.750. The van der Waals surface area contributed by atoms with E-state index in [0.717, 1.165) is 6.42 Å². The van der Waals surface area contributed by atoms with Crippen LogP contribution in [0.1, 0.15) is 6.42 Å². The Morgan fingerprint density at radius 3 is 2.00 bits per heavy atom. The molecule has 0 atom stereocenters. The van der Waals surface area contributed by atoms with Gasteiger partial charge in [-0.1, -0.05) is 0 Å². The lowest BCUT2D eigenvalue weighted by molar-refractivity contribution is -0.129. The van der Waals surface area contributed by atoms with E-state index in [0.29, 0.717) is 0 Å². The van der Waals surface area contributed by atoms with Gasteiger partial charge in [-0.05, 0) is 6.42 Å². The number of hydrogen-bond donors (Lipinski definition) is 1. The van der Waals surface area contributed by atoms with Crippen LogP contribution in [0.15, 0.2) is 0 Å². The zero-order valence-electron chi connectivity index (χ0n) is 4.07. The van der Waals surface area contributed by atoms with Crippen molar-refractivity contribution in [2.75, 3.05) is 6.61 Å². The largest absolute Gasteiger partial charge is 0.396 e. The van der Waals surface area contributed by atoms with Gasteiger partial charge in [-0.25, -0.2) is 0 Å². The normalized spacial score (nSPS) is 12.0. The molecule has 0 spiro atoms. The maximum atomic E-state index is 11.1. The van der Waals surface area contributed by atoms with E-state index in [4.69, 9.17) is 5.11 Å². The first-order valence-electron chi connectivity index (χ1n) is 2.05. The van der Waals surface area contributed by atoms with E-state index in [9.17, 15) is 13.2 Å². The Hall–Kier alpha value is -0.250. The van der Waals surface area contributed by atoms with Gasteiger partial charge in [0.2, 0.25) is 0 Å². The van der Waals surface area contributed by atoms with Crippen LogP contribution in [0.2, 0.25) is 0 Å². The maximum absolute atomic E-state index is 11.1. The number of alkyl halides is 3. The molecule has 49 valence electrons.